The normalized spacial score (nSPS) is 35.5. The molecule has 3 heteroatoms. The van der Waals surface area contributed by atoms with Crippen LogP contribution in [0.25, 0.3) is 0 Å². The van der Waals surface area contributed by atoms with Gasteiger partial charge in [-0.1, -0.05) is 12.8 Å². The molecule has 98 valence electrons. The zero-order valence-electron chi connectivity index (χ0n) is 10.7. The van der Waals surface area contributed by atoms with Crippen LogP contribution in [0.2, 0.25) is 0 Å². The van der Waals surface area contributed by atoms with Crippen molar-refractivity contribution in [2.24, 2.45) is 5.92 Å². The van der Waals surface area contributed by atoms with Crippen LogP contribution in [-0.4, -0.2) is 48.0 Å². The molecule has 0 bridgehead atoms. The first kappa shape index (κ1) is 11.9. The average Bonchev–Trinajstić information content (AvgIpc) is 3.10. The van der Waals surface area contributed by atoms with Gasteiger partial charge >= 0.3 is 0 Å². The second-order valence-corrected chi connectivity index (χ2v) is 6.07. The summed E-state index contributed by atoms with van der Waals surface area (Å²) in [6, 6.07) is 0. The number of ether oxygens (including phenoxy) is 1. The molecular formula is C14H25NO2. The summed E-state index contributed by atoms with van der Waals surface area (Å²) in [6.07, 6.45) is 8.50. The second kappa shape index (κ2) is 4.87. The average molecular weight is 239 g/mol. The Kier molecular flexibility index (Phi) is 3.42. The van der Waals surface area contributed by atoms with Crippen LogP contribution in [0.3, 0.4) is 0 Å². The van der Waals surface area contributed by atoms with Crippen molar-refractivity contribution in [2.45, 2.75) is 56.6 Å². The molecule has 3 fully saturated rings. The Hall–Kier alpha value is -0.120. The van der Waals surface area contributed by atoms with Crippen molar-refractivity contribution in [2.75, 3.05) is 26.3 Å². The Bertz CT molecular complexity index is 251. The Morgan fingerprint density at radius 1 is 1.12 bits per heavy atom. The molecule has 3 rings (SSSR count). The van der Waals surface area contributed by atoms with E-state index >= 15 is 0 Å². The molecular weight excluding hydrogens is 214 g/mol. The number of hydrogen-bond acceptors (Lipinski definition) is 3. The van der Waals surface area contributed by atoms with E-state index < -0.39 is 0 Å². The number of rotatable bonds is 3. The van der Waals surface area contributed by atoms with Crippen molar-refractivity contribution < 1.29 is 9.84 Å². The molecule has 2 unspecified atom stereocenters. The van der Waals surface area contributed by atoms with Gasteiger partial charge in [0.25, 0.3) is 0 Å². The Balaban J connectivity index is 1.77. The summed E-state index contributed by atoms with van der Waals surface area (Å²) in [5, 5.41) is 10.8. The minimum absolute atomic E-state index is 0.106. The van der Waals surface area contributed by atoms with E-state index in [2.05, 4.69) is 4.90 Å². The van der Waals surface area contributed by atoms with Crippen LogP contribution in [0.5, 0.6) is 0 Å². The fraction of sp³-hybridized carbons (Fsp3) is 1.00. The summed E-state index contributed by atoms with van der Waals surface area (Å²) in [4.78, 5) is 2.60. The highest BCUT2D eigenvalue weighted by molar-refractivity contribution is 5.04. The standard InChI is InChI=1S/C14H25NO2/c16-13(12-5-10-17-11-12)14(6-1-2-7-14)15-8-3-4-9-15/h12-13,16H,1-11H2. The monoisotopic (exact) mass is 239 g/mol. The van der Waals surface area contributed by atoms with Gasteiger partial charge in [0.1, 0.15) is 0 Å². The van der Waals surface area contributed by atoms with E-state index in [1.165, 1.54) is 51.6 Å². The summed E-state index contributed by atoms with van der Waals surface area (Å²) < 4.78 is 5.47. The lowest BCUT2D eigenvalue weighted by atomic mass is 9.80. The van der Waals surface area contributed by atoms with E-state index in [1.54, 1.807) is 0 Å². The maximum atomic E-state index is 10.8. The molecule has 17 heavy (non-hydrogen) atoms. The molecule has 0 radical (unpaired) electrons. The topological polar surface area (TPSA) is 32.7 Å². The van der Waals surface area contributed by atoms with Crippen molar-refractivity contribution in [3.05, 3.63) is 0 Å². The second-order valence-electron chi connectivity index (χ2n) is 6.07. The smallest absolute Gasteiger partial charge is 0.0774 e. The molecule has 0 spiro atoms. The third-order valence-corrected chi connectivity index (χ3v) is 5.17. The molecule has 2 aliphatic heterocycles. The van der Waals surface area contributed by atoms with E-state index in [1.807, 2.05) is 0 Å². The number of nitrogens with zero attached hydrogens (tertiary/aromatic N) is 1. The zero-order chi connectivity index (χ0) is 11.7. The number of aliphatic hydroxyl groups excluding tert-OH is 1. The third kappa shape index (κ3) is 2.02. The van der Waals surface area contributed by atoms with Gasteiger partial charge in [0, 0.05) is 18.1 Å². The van der Waals surface area contributed by atoms with Crippen molar-refractivity contribution in [1.82, 2.24) is 4.90 Å². The lowest BCUT2D eigenvalue weighted by Crippen LogP contribution is -2.56. The van der Waals surface area contributed by atoms with Gasteiger partial charge in [-0.05, 0) is 45.2 Å². The van der Waals surface area contributed by atoms with Gasteiger partial charge < -0.3 is 9.84 Å². The SMILES string of the molecule is OC(C1CCOC1)C1(N2CCCC2)CCCC1. The number of aliphatic hydroxyl groups is 1. The maximum Gasteiger partial charge on any atom is 0.0774 e. The van der Waals surface area contributed by atoms with Gasteiger partial charge in [-0.25, -0.2) is 0 Å². The fourth-order valence-electron chi connectivity index (χ4n) is 4.19. The van der Waals surface area contributed by atoms with Gasteiger partial charge in [-0.3, -0.25) is 4.90 Å². The van der Waals surface area contributed by atoms with Crippen molar-refractivity contribution in [3.8, 4) is 0 Å². The minimum Gasteiger partial charge on any atom is -0.391 e. The molecule has 2 atom stereocenters. The summed E-state index contributed by atoms with van der Waals surface area (Å²) in [6.45, 7) is 4.02. The summed E-state index contributed by atoms with van der Waals surface area (Å²) >= 11 is 0. The van der Waals surface area contributed by atoms with Crippen molar-refractivity contribution >= 4 is 0 Å². The Morgan fingerprint density at radius 2 is 1.82 bits per heavy atom. The zero-order valence-corrected chi connectivity index (χ0v) is 10.7. The number of likely N-dealkylation sites (tertiary alicyclic amines) is 1. The van der Waals surface area contributed by atoms with Crippen LogP contribution in [0.1, 0.15) is 44.9 Å². The molecule has 0 aromatic carbocycles. The summed E-state index contributed by atoms with van der Waals surface area (Å²) in [5.41, 5.74) is 0.106. The Labute approximate surface area is 104 Å². The first-order valence-corrected chi connectivity index (χ1v) is 7.34. The van der Waals surface area contributed by atoms with Gasteiger partial charge in [0.15, 0.2) is 0 Å². The summed E-state index contributed by atoms with van der Waals surface area (Å²) in [7, 11) is 0. The van der Waals surface area contributed by atoms with Gasteiger partial charge in [0.2, 0.25) is 0 Å². The van der Waals surface area contributed by atoms with E-state index in [-0.39, 0.29) is 11.6 Å². The van der Waals surface area contributed by atoms with Gasteiger partial charge in [-0.2, -0.15) is 0 Å². The first-order chi connectivity index (χ1) is 8.33. The minimum atomic E-state index is -0.161. The fourth-order valence-corrected chi connectivity index (χ4v) is 4.19. The van der Waals surface area contributed by atoms with Crippen LogP contribution < -0.4 is 0 Å². The third-order valence-electron chi connectivity index (χ3n) is 5.17. The predicted molar refractivity (Wildman–Crippen MR) is 66.9 cm³/mol. The highest BCUT2D eigenvalue weighted by Crippen LogP contribution is 2.43. The van der Waals surface area contributed by atoms with Gasteiger partial charge in [-0.15, -0.1) is 0 Å². The van der Waals surface area contributed by atoms with Gasteiger partial charge in [0.05, 0.1) is 12.7 Å². The van der Waals surface area contributed by atoms with E-state index in [4.69, 9.17) is 4.74 Å². The van der Waals surface area contributed by atoms with Crippen molar-refractivity contribution in [1.29, 1.82) is 0 Å². The van der Waals surface area contributed by atoms with Crippen LogP contribution in [0, 0.1) is 5.92 Å². The largest absolute Gasteiger partial charge is 0.391 e. The predicted octanol–water partition coefficient (Wildman–Crippen LogP) is 1.79. The van der Waals surface area contributed by atoms with E-state index in [9.17, 15) is 5.11 Å². The van der Waals surface area contributed by atoms with Crippen LogP contribution >= 0.6 is 0 Å². The first-order valence-electron chi connectivity index (χ1n) is 7.34. The molecule has 0 aromatic rings. The molecule has 3 aliphatic rings. The molecule has 0 amide bonds. The molecule has 3 nitrogen and oxygen atoms in total. The Morgan fingerprint density at radius 3 is 2.41 bits per heavy atom. The molecule has 0 aromatic heterocycles. The van der Waals surface area contributed by atoms with Crippen LogP contribution in [0.15, 0.2) is 0 Å². The number of hydrogen-bond donors (Lipinski definition) is 1. The molecule has 2 heterocycles. The van der Waals surface area contributed by atoms with Crippen molar-refractivity contribution in [3.63, 3.8) is 0 Å². The maximum absolute atomic E-state index is 10.8. The van der Waals surface area contributed by atoms with Crippen LogP contribution in [-0.2, 0) is 4.74 Å². The summed E-state index contributed by atoms with van der Waals surface area (Å²) in [5.74, 6) is 0.383. The lowest BCUT2D eigenvalue weighted by molar-refractivity contribution is -0.0513. The highest BCUT2D eigenvalue weighted by atomic mass is 16.5. The molecule has 1 N–H and O–H groups in total. The van der Waals surface area contributed by atoms with E-state index in [0.717, 1.165) is 19.6 Å². The quantitative estimate of drug-likeness (QED) is 0.815. The highest BCUT2D eigenvalue weighted by Gasteiger charge is 2.49. The molecule has 1 aliphatic carbocycles. The molecule has 1 saturated carbocycles. The lowest BCUT2D eigenvalue weighted by Gasteiger charge is -2.44. The van der Waals surface area contributed by atoms with E-state index in [0.29, 0.717) is 5.92 Å². The van der Waals surface area contributed by atoms with Crippen LogP contribution in [0.4, 0.5) is 0 Å². The molecule has 2 saturated heterocycles.